The van der Waals surface area contributed by atoms with Gasteiger partial charge in [0.2, 0.25) is 5.76 Å². The molecule has 0 saturated heterocycles. The van der Waals surface area contributed by atoms with Gasteiger partial charge in [-0.05, 0) is 34.5 Å². The highest BCUT2D eigenvalue weighted by molar-refractivity contribution is 7.07. The fourth-order valence-electron chi connectivity index (χ4n) is 1.31. The van der Waals surface area contributed by atoms with E-state index < -0.39 is 5.97 Å². The first-order valence-electron chi connectivity index (χ1n) is 4.79. The number of aromatic carboxylic acids is 1. The van der Waals surface area contributed by atoms with E-state index in [2.05, 4.69) is 10.7 Å². The maximum absolute atomic E-state index is 10.6. The average Bonchev–Trinajstić information content (AvgIpc) is 2.87. The Morgan fingerprint density at radius 1 is 1.38 bits per heavy atom. The molecule has 0 aromatic carbocycles. The van der Waals surface area contributed by atoms with Crippen molar-refractivity contribution in [3.63, 3.8) is 0 Å². The van der Waals surface area contributed by atoms with Crippen LogP contribution < -0.4 is 5.32 Å². The Bertz CT molecular complexity index is 461. The first kappa shape index (κ1) is 10.9. The molecular weight excluding hydrogens is 226 g/mol. The molecule has 4 nitrogen and oxygen atoms in total. The summed E-state index contributed by atoms with van der Waals surface area (Å²) in [6, 6.07) is 5.18. The van der Waals surface area contributed by atoms with Crippen LogP contribution in [-0.4, -0.2) is 11.1 Å². The van der Waals surface area contributed by atoms with E-state index in [9.17, 15) is 4.79 Å². The molecule has 0 spiro atoms. The summed E-state index contributed by atoms with van der Waals surface area (Å²) in [4.78, 5) is 10.6. The number of hydrogen-bond acceptors (Lipinski definition) is 4. The minimum absolute atomic E-state index is 0.0210. The summed E-state index contributed by atoms with van der Waals surface area (Å²) in [7, 11) is 0. The maximum atomic E-state index is 10.6. The number of carboxylic acid groups (broad SMARTS) is 1. The van der Waals surface area contributed by atoms with E-state index in [-0.39, 0.29) is 5.76 Å². The Balaban J connectivity index is 1.83. The summed E-state index contributed by atoms with van der Waals surface area (Å²) in [6.07, 6.45) is 0. The number of hydrogen-bond donors (Lipinski definition) is 2. The second kappa shape index (κ2) is 4.96. The smallest absolute Gasteiger partial charge is 0.371 e. The molecule has 16 heavy (non-hydrogen) atoms. The first-order chi connectivity index (χ1) is 7.75. The van der Waals surface area contributed by atoms with Gasteiger partial charge < -0.3 is 14.8 Å². The van der Waals surface area contributed by atoms with Crippen molar-refractivity contribution in [1.29, 1.82) is 0 Å². The van der Waals surface area contributed by atoms with Crippen molar-refractivity contribution in [1.82, 2.24) is 5.32 Å². The summed E-state index contributed by atoms with van der Waals surface area (Å²) in [5, 5.41) is 15.9. The molecule has 0 unspecified atom stereocenters. The summed E-state index contributed by atoms with van der Waals surface area (Å²) >= 11 is 1.65. The molecule has 2 aromatic heterocycles. The molecule has 0 bridgehead atoms. The monoisotopic (exact) mass is 237 g/mol. The first-order valence-corrected chi connectivity index (χ1v) is 5.74. The van der Waals surface area contributed by atoms with Gasteiger partial charge in [-0.1, -0.05) is 0 Å². The molecule has 0 aliphatic rings. The Hall–Kier alpha value is -1.59. The molecule has 0 aliphatic heterocycles. The van der Waals surface area contributed by atoms with E-state index in [1.807, 2.05) is 11.4 Å². The lowest BCUT2D eigenvalue weighted by Gasteiger charge is -1.99. The zero-order valence-electron chi connectivity index (χ0n) is 8.47. The zero-order valence-corrected chi connectivity index (χ0v) is 9.29. The number of nitrogens with one attached hydrogen (secondary N) is 1. The van der Waals surface area contributed by atoms with E-state index in [0.717, 1.165) is 6.54 Å². The highest BCUT2D eigenvalue weighted by Crippen LogP contribution is 2.09. The van der Waals surface area contributed by atoms with Gasteiger partial charge in [0.25, 0.3) is 0 Å². The molecule has 0 aliphatic carbocycles. The van der Waals surface area contributed by atoms with Gasteiger partial charge in [-0.3, -0.25) is 0 Å². The van der Waals surface area contributed by atoms with Gasteiger partial charge in [0, 0.05) is 6.54 Å². The minimum Gasteiger partial charge on any atom is -0.475 e. The van der Waals surface area contributed by atoms with Crippen LogP contribution in [0.2, 0.25) is 0 Å². The molecule has 2 N–H and O–H groups in total. The highest BCUT2D eigenvalue weighted by atomic mass is 32.1. The van der Waals surface area contributed by atoms with Crippen molar-refractivity contribution in [3.05, 3.63) is 46.0 Å². The van der Waals surface area contributed by atoms with Gasteiger partial charge in [-0.2, -0.15) is 11.3 Å². The molecule has 0 radical (unpaired) electrons. The van der Waals surface area contributed by atoms with E-state index in [0.29, 0.717) is 12.3 Å². The Labute approximate surface area is 96.5 Å². The van der Waals surface area contributed by atoms with Crippen LogP contribution in [0, 0.1) is 0 Å². The van der Waals surface area contributed by atoms with Crippen LogP contribution in [0.1, 0.15) is 21.9 Å². The van der Waals surface area contributed by atoms with Gasteiger partial charge in [0.1, 0.15) is 5.76 Å². The lowest BCUT2D eigenvalue weighted by Crippen LogP contribution is -2.11. The Kier molecular flexibility index (Phi) is 3.38. The maximum Gasteiger partial charge on any atom is 0.371 e. The summed E-state index contributed by atoms with van der Waals surface area (Å²) in [5.74, 6) is -0.427. The fourth-order valence-corrected chi connectivity index (χ4v) is 1.98. The van der Waals surface area contributed by atoms with E-state index in [4.69, 9.17) is 9.52 Å². The Morgan fingerprint density at radius 3 is 2.88 bits per heavy atom. The molecule has 0 atom stereocenters. The van der Waals surface area contributed by atoms with Crippen molar-refractivity contribution in [2.45, 2.75) is 13.1 Å². The highest BCUT2D eigenvalue weighted by Gasteiger charge is 2.08. The van der Waals surface area contributed by atoms with E-state index in [1.54, 1.807) is 17.4 Å². The van der Waals surface area contributed by atoms with Gasteiger partial charge in [0.15, 0.2) is 0 Å². The minimum atomic E-state index is -1.04. The number of furan rings is 1. The molecule has 5 heteroatoms. The van der Waals surface area contributed by atoms with Gasteiger partial charge in [-0.25, -0.2) is 4.79 Å². The third-order valence-electron chi connectivity index (χ3n) is 2.08. The van der Waals surface area contributed by atoms with Crippen molar-refractivity contribution in [3.8, 4) is 0 Å². The number of rotatable bonds is 5. The molecule has 84 valence electrons. The van der Waals surface area contributed by atoms with Crippen LogP contribution in [0.25, 0.3) is 0 Å². The second-order valence-electron chi connectivity index (χ2n) is 3.31. The standard InChI is InChI=1S/C11H11NO3S/c13-11(14)10-2-1-9(15-10)6-12-5-8-3-4-16-7-8/h1-4,7,12H,5-6H2,(H,13,14). The summed E-state index contributed by atoms with van der Waals surface area (Å²) in [6.45, 7) is 1.29. The summed E-state index contributed by atoms with van der Waals surface area (Å²) < 4.78 is 5.11. The van der Waals surface area contributed by atoms with E-state index >= 15 is 0 Å². The van der Waals surface area contributed by atoms with Crippen molar-refractivity contribution in [2.75, 3.05) is 0 Å². The molecule has 0 saturated carbocycles. The van der Waals surface area contributed by atoms with Crippen LogP contribution in [0.5, 0.6) is 0 Å². The van der Waals surface area contributed by atoms with Crippen molar-refractivity contribution in [2.24, 2.45) is 0 Å². The van der Waals surface area contributed by atoms with Crippen molar-refractivity contribution >= 4 is 17.3 Å². The lowest BCUT2D eigenvalue weighted by atomic mass is 10.3. The van der Waals surface area contributed by atoms with Crippen LogP contribution in [0.15, 0.2) is 33.4 Å². The SMILES string of the molecule is O=C(O)c1ccc(CNCc2ccsc2)o1. The quantitative estimate of drug-likeness (QED) is 0.837. The zero-order chi connectivity index (χ0) is 11.4. The second-order valence-corrected chi connectivity index (χ2v) is 4.09. The molecule has 2 rings (SSSR count). The number of carbonyl (C=O) groups is 1. The average molecular weight is 237 g/mol. The largest absolute Gasteiger partial charge is 0.475 e. The molecule has 2 heterocycles. The molecule has 0 amide bonds. The third-order valence-corrected chi connectivity index (χ3v) is 2.81. The molecule has 0 fully saturated rings. The number of thiophene rings is 1. The lowest BCUT2D eigenvalue weighted by molar-refractivity contribution is 0.0660. The van der Waals surface area contributed by atoms with Gasteiger partial charge >= 0.3 is 5.97 Å². The predicted molar refractivity (Wildman–Crippen MR) is 60.5 cm³/mol. The van der Waals surface area contributed by atoms with E-state index in [1.165, 1.54) is 11.6 Å². The molecule has 2 aromatic rings. The third kappa shape index (κ3) is 2.71. The van der Waals surface area contributed by atoms with Gasteiger partial charge in [0.05, 0.1) is 6.54 Å². The topological polar surface area (TPSA) is 62.5 Å². The fraction of sp³-hybridized carbons (Fsp3) is 0.182. The normalized spacial score (nSPS) is 10.5. The Morgan fingerprint density at radius 2 is 2.25 bits per heavy atom. The predicted octanol–water partition coefficient (Wildman–Crippen LogP) is 2.33. The summed E-state index contributed by atoms with van der Waals surface area (Å²) in [5.41, 5.74) is 1.22. The van der Waals surface area contributed by atoms with Crippen LogP contribution in [-0.2, 0) is 13.1 Å². The van der Waals surface area contributed by atoms with Crippen molar-refractivity contribution < 1.29 is 14.3 Å². The van der Waals surface area contributed by atoms with Crippen LogP contribution >= 0.6 is 11.3 Å². The van der Waals surface area contributed by atoms with Crippen LogP contribution in [0.4, 0.5) is 0 Å². The molecular formula is C11H11NO3S. The van der Waals surface area contributed by atoms with Crippen LogP contribution in [0.3, 0.4) is 0 Å². The number of carboxylic acids is 1. The van der Waals surface area contributed by atoms with Gasteiger partial charge in [-0.15, -0.1) is 0 Å².